The van der Waals surface area contributed by atoms with Crippen LogP contribution in [0.3, 0.4) is 0 Å². The fraction of sp³-hybridized carbons (Fsp3) is 0.905. The summed E-state index contributed by atoms with van der Waals surface area (Å²) in [4.78, 5) is 0. The van der Waals surface area contributed by atoms with Crippen molar-refractivity contribution < 1.29 is 14.6 Å². The normalized spacial score (nSPS) is 32.6. The van der Waals surface area contributed by atoms with E-state index in [0.29, 0.717) is 16.4 Å². The van der Waals surface area contributed by atoms with Crippen molar-refractivity contribution in [2.45, 2.75) is 75.8 Å². The van der Waals surface area contributed by atoms with Crippen LogP contribution in [-0.2, 0) is 9.47 Å². The molecule has 26 heavy (non-hydrogen) atoms. The van der Waals surface area contributed by atoms with Crippen molar-refractivity contribution in [2.24, 2.45) is 17.3 Å². The third-order valence-electron chi connectivity index (χ3n) is 5.83. The number of aliphatic hydroxyl groups excluding tert-OH is 1. The van der Waals surface area contributed by atoms with Crippen LogP contribution in [0.4, 0.5) is 0 Å². The zero-order valence-electron chi connectivity index (χ0n) is 16.6. The lowest BCUT2D eigenvalue weighted by molar-refractivity contribution is -0.313. The molecule has 0 radical (unpaired) electrons. The smallest absolute Gasteiger partial charge is 0.173 e. The van der Waals surface area contributed by atoms with E-state index in [2.05, 4.69) is 50.4 Å². The highest BCUT2D eigenvalue weighted by molar-refractivity contribution is 8.20. The molecule has 0 aromatic heterocycles. The van der Waals surface area contributed by atoms with Crippen molar-refractivity contribution >= 4 is 23.5 Å². The largest absolute Gasteiger partial charge is 0.389 e. The first-order chi connectivity index (χ1) is 12.5. The molecule has 3 atom stereocenters. The minimum Gasteiger partial charge on any atom is -0.389 e. The average molecular weight is 401 g/mol. The quantitative estimate of drug-likeness (QED) is 0.476. The van der Waals surface area contributed by atoms with Crippen LogP contribution >= 0.6 is 23.5 Å². The highest BCUT2D eigenvalue weighted by Gasteiger charge is 2.56. The van der Waals surface area contributed by atoms with Crippen LogP contribution in [0.1, 0.15) is 59.3 Å². The first-order valence-electron chi connectivity index (χ1n) is 10.3. The third kappa shape index (κ3) is 5.02. The second-order valence-corrected chi connectivity index (χ2v) is 11.6. The minimum atomic E-state index is -0.410. The van der Waals surface area contributed by atoms with Gasteiger partial charge in [0, 0.05) is 29.3 Å². The molecule has 3 aliphatic rings. The van der Waals surface area contributed by atoms with Crippen LogP contribution in [0.2, 0.25) is 0 Å². The summed E-state index contributed by atoms with van der Waals surface area (Å²) in [7, 11) is 0. The Hall–Kier alpha value is 0.320. The van der Waals surface area contributed by atoms with E-state index in [9.17, 15) is 5.11 Å². The summed E-state index contributed by atoms with van der Waals surface area (Å²) in [5.41, 5.74) is 0.106. The Morgan fingerprint density at radius 1 is 1.15 bits per heavy atom. The molecular formula is C21H36O3S2. The molecule has 1 N–H and O–H groups in total. The molecule has 3 rings (SSSR count). The minimum absolute atomic E-state index is 0.106. The predicted octanol–water partition coefficient (Wildman–Crippen LogP) is 5.09. The summed E-state index contributed by atoms with van der Waals surface area (Å²) in [5.74, 6) is 2.87. The molecule has 1 spiro atoms. The van der Waals surface area contributed by atoms with Crippen molar-refractivity contribution in [3.8, 4) is 0 Å². The van der Waals surface area contributed by atoms with Gasteiger partial charge in [-0.1, -0.05) is 52.2 Å². The third-order valence-corrected chi connectivity index (χ3v) is 9.03. The highest BCUT2D eigenvalue weighted by atomic mass is 32.2. The van der Waals surface area contributed by atoms with E-state index in [4.69, 9.17) is 9.47 Å². The molecule has 1 aliphatic carbocycles. The summed E-state index contributed by atoms with van der Waals surface area (Å²) >= 11 is 4.14. The average Bonchev–Trinajstić information content (AvgIpc) is 3.24. The Morgan fingerprint density at radius 2 is 1.85 bits per heavy atom. The van der Waals surface area contributed by atoms with Gasteiger partial charge in [-0.05, 0) is 18.8 Å². The lowest BCUT2D eigenvalue weighted by Crippen LogP contribution is -2.52. The molecule has 3 nitrogen and oxygen atoms in total. The standard InChI is InChI=1S/C21H36O3S2/c1-4-5-6-7-17(22)9-8-16-10-11-21(18(16)19-25-12-13-26-19)23-14-20(2,3)15-24-21/h8-9,16-19,22H,4-7,10-15H2,1-3H3/b9-8+. The van der Waals surface area contributed by atoms with Gasteiger partial charge in [-0.2, -0.15) is 0 Å². The summed E-state index contributed by atoms with van der Waals surface area (Å²) in [6.45, 7) is 8.19. The van der Waals surface area contributed by atoms with Gasteiger partial charge in [0.2, 0.25) is 0 Å². The number of allylic oxidation sites excluding steroid dienone is 1. The van der Waals surface area contributed by atoms with Gasteiger partial charge in [0.05, 0.1) is 23.9 Å². The van der Waals surface area contributed by atoms with Gasteiger partial charge in [-0.25, -0.2) is 0 Å². The zero-order valence-corrected chi connectivity index (χ0v) is 18.2. The Kier molecular flexibility index (Phi) is 7.45. The first-order valence-corrected chi connectivity index (χ1v) is 12.4. The maximum Gasteiger partial charge on any atom is 0.173 e. The van der Waals surface area contributed by atoms with Crippen LogP contribution in [0.25, 0.3) is 0 Å². The van der Waals surface area contributed by atoms with E-state index >= 15 is 0 Å². The number of aliphatic hydroxyl groups is 1. The van der Waals surface area contributed by atoms with Gasteiger partial charge in [0.25, 0.3) is 0 Å². The molecule has 0 aromatic carbocycles. The van der Waals surface area contributed by atoms with Crippen molar-refractivity contribution in [2.75, 3.05) is 24.7 Å². The van der Waals surface area contributed by atoms with Gasteiger partial charge in [0.15, 0.2) is 5.79 Å². The van der Waals surface area contributed by atoms with Crippen LogP contribution in [0, 0.1) is 17.3 Å². The van der Waals surface area contributed by atoms with Crippen molar-refractivity contribution in [1.82, 2.24) is 0 Å². The maximum atomic E-state index is 10.3. The Morgan fingerprint density at radius 3 is 2.50 bits per heavy atom. The van der Waals surface area contributed by atoms with E-state index < -0.39 is 5.79 Å². The summed E-state index contributed by atoms with van der Waals surface area (Å²) in [5, 5.41) is 10.3. The fourth-order valence-electron chi connectivity index (χ4n) is 4.28. The van der Waals surface area contributed by atoms with E-state index in [1.165, 1.54) is 24.3 Å². The molecule has 0 bridgehead atoms. The van der Waals surface area contributed by atoms with Crippen LogP contribution < -0.4 is 0 Å². The number of ether oxygens (including phenoxy) is 2. The molecule has 2 aliphatic heterocycles. The van der Waals surface area contributed by atoms with Gasteiger partial charge in [-0.3, -0.25) is 0 Å². The molecule has 2 saturated heterocycles. The van der Waals surface area contributed by atoms with Crippen LogP contribution in [0.5, 0.6) is 0 Å². The molecule has 5 heteroatoms. The van der Waals surface area contributed by atoms with Crippen molar-refractivity contribution in [3.05, 3.63) is 12.2 Å². The van der Waals surface area contributed by atoms with E-state index in [1.54, 1.807) is 0 Å². The Bertz CT molecular complexity index is 464. The number of hydrogen-bond acceptors (Lipinski definition) is 5. The Labute approximate surface area is 168 Å². The topological polar surface area (TPSA) is 38.7 Å². The number of unbranched alkanes of at least 4 members (excludes halogenated alkanes) is 2. The highest BCUT2D eigenvalue weighted by Crippen LogP contribution is 2.55. The van der Waals surface area contributed by atoms with Crippen molar-refractivity contribution in [1.29, 1.82) is 0 Å². The van der Waals surface area contributed by atoms with Crippen LogP contribution in [-0.4, -0.2) is 46.3 Å². The van der Waals surface area contributed by atoms with Crippen molar-refractivity contribution in [3.63, 3.8) is 0 Å². The fourth-order valence-corrected chi connectivity index (χ4v) is 7.70. The molecule has 0 amide bonds. The zero-order chi connectivity index (χ0) is 18.6. The SMILES string of the molecule is CCCCCC(O)/C=C/C1CCC2(OCC(C)(C)CO2)C1C1SCCS1. The number of hydrogen-bond donors (Lipinski definition) is 1. The van der Waals surface area contributed by atoms with E-state index in [1.807, 2.05) is 6.08 Å². The number of thioether (sulfide) groups is 2. The monoisotopic (exact) mass is 400 g/mol. The second-order valence-electron chi connectivity index (χ2n) is 8.84. The van der Waals surface area contributed by atoms with Gasteiger partial charge < -0.3 is 14.6 Å². The molecule has 3 fully saturated rings. The molecule has 0 aromatic rings. The predicted molar refractivity (Wildman–Crippen MR) is 113 cm³/mol. The van der Waals surface area contributed by atoms with Gasteiger partial charge >= 0.3 is 0 Å². The van der Waals surface area contributed by atoms with E-state index in [-0.39, 0.29) is 11.5 Å². The van der Waals surface area contributed by atoms with Gasteiger partial charge in [-0.15, -0.1) is 23.5 Å². The van der Waals surface area contributed by atoms with Crippen LogP contribution in [0.15, 0.2) is 12.2 Å². The lowest BCUT2D eigenvalue weighted by Gasteiger charge is -2.46. The number of rotatable bonds is 7. The van der Waals surface area contributed by atoms with Gasteiger partial charge in [0.1, 0.15) is 0 Å². The van der Waals surface area contributed by atoms with E-state index in [0.717, 1.165) is 38.9 Å². The Balaban J connectivity index is 1.67. The lowest BCUT2D eigenvalue weighted by atomic mass is 9.90. The molecule has 150 valence electrons. The summed E-state index contributed by atoms with van der Waals surface area (Å²) in [6.07, 6.45) is 10.5. The molecule has 2 heterocycles. The summed E-state index contributed by atoms with van der Waals surface area (Å²) in [6, 6.07) is 0. The summed E-state index contributed by atoms with van der Waals surface area (Å²) < 4.78 is 13.4. The molecule has 3 unspecified atom stereocenters. The molecular weight excluding hydrogens is 364 g/mol. The maximum absolute atomic E-state index is 10.3. The first kappa shape index (κ1) is 21.0. The molecule has 1 saturated carbocycles. The second kappa shape index (κ2) is 9.21.